The van der Waals surface area contributed by atoms with Crippen molar-refractivity contribution >= 4 is 35.9 Å². The van der Waals surface area contributed by atoms with Gasteiger partial charge in [0, 0.05) is 0 Å². The van der Waals surface area contributed by atoms with Crippen molar-refractivity contribution < 1.29 is 17.2 Å². The first kappa shape index (κ1) is 12.1. The van der Waals surface area contributed by atoms with Gasteiger partial charge in [0.25, 0.3) is 0 Å². The molecule has 1 aliphatic heterocycles. The van der Waals surface area contributed by atoms with Crippen molar-refractivity contribution in [2.75, 3.05) is 12.5 Å². The number of hydrogen-bond donors (Lipinski definition) is 2. The molecule has 0 radical (unpaired) electrons. The zero-order valence-electron chi connectivity index (χ0n) is 8.71. The Balaban J connectivity index is 2.58. The van der Waals surface area contributed by atoms with E-state index in [0.717, 1.165) is 0 Å². The first-order valence-corrected chi connectivity index (χ1v) is 11.0. The molecule has 0 fully saturated rings. The minimum absolute atomic E-state index is 0.0965. The number of halogens is 1. The number of carbonyl (C=O) groups is 1. The molecule has 0 spiro atoms. The standard InChI is InChI=1S/C9H12IO5S/c1-16(2)15-10(12,13)8-6-4-3-5-7(8)9(11)14-10/h3-6,12-13H,1-2H3/q+1. The van der Waals surface area contributed by atoms with Gasteiger partial charge in [-0.25, -0.2) is 0 Å². The van der Waals surface area contributed by atoms with Crippen molar-refractivity contribution in [3.63, 3.8) is 0 Å². The van der Waals surface area contributed by atoms with Crippen molar-refractivity contribution in [2.24, 2.45) is 0 Å². The number of fused-ring (bicyclic) bond motifs is 1. The molecule has 0 bridgehead atoms. The van der Waals surface area contributed by atoms with Gasteiger partial charge in [-0.15, -0.1) is 0 Å². The number of carbonyl (C=O) groups excluding carboxylic acids is 1. The van der Waals surface area contributed by atoms with Gasteiger partial charge in [-0.2, -0.15) is 0 Å². The summed E-state index contributed by atoms with van der Waals surface area (Å²) in [6.45, 7) is 0. The topological polar surface area (TPSA) is 76.0 Å². The Kier molecular flexibility index (Phi) is 2.70. The van der Waals surface area contributed by atoms with Gasteiger partial charge in [-0.1, -0.05) is 0 Å². The van der Waals surface area contributed by atoms with Gasteiger partial charge in [0.2, 0.25) is 0 Å². The second-order valence-electron chi connectivity index (χ2n) is 3.39. The van der Waals surface area contributed by atoms with Gasteiger partial charge < -0.3 is 0 Å². The molecule has 0 aliphatic carbocycles. The van der Waals surface area contributed by atoms with Crippen LogP contribution < -0.4 is 0 Å². The van der Waals surface area contributed by atoms with Crippen LogP contribution in [0.4, 0.5) is 0 Å². The van der Waals surface area contributed by atoms with E-state index in [4.69, 9.17) is 5.58 Å². The van der Waals surface area contributed by atoms with Crippen molar-refractivity contribution in [3.05, 3.63) is 33.4 Å². The molecule has 5 nitrogen and oxygen atoms in total. The molecule has 0 saturated carbocycles. The Hall–Kier alpha value is -0.350. The van der Waals surface area contributed by atoms with Crippen molar-refractivity contribution in [1.82, 2.24) is 0 Å². The van der Waals surface area contributed by atoms with Crippen LogP contribution in [-0.4, -0.2) is 25.4 Å². The Morgan fingerprint density at radius 1 is 1.31 bits per heavy atom. The zero-order chi connectivity index (χ0) is 12.0. The Morgan fingerprint density at radius 2 is 1.94 bits per heavy atom. The molecule has 90 valence electrons. The normalized spacial score (nSPS) is 23.3. The summed E-state index contributed by atoms with van der Waals surface area (Å²) in [4.78, 5) is 11.5. The van der Waals surface area contributed by atoms with Gasteiger partial charge in [0.1, 0.15) is 0 Å². The molecular formula is C9H12IO5S+. The van der Waals surface area contributed by atoms with E-state index in [2.05, 4.69) is 0 Å². The molecule has 0 saturated heterocycles. The van der Waals surface area contributed by atoms with Crippen LogP contribution in [0, 0.1) is 3.57 Å². The molecule has 7 heteroatoms. The first-order valence-electron chi connectivity index (χ1n) is 4.30. The molecule has 1 aliphatic rings. The first-order chi connectivity index (χ1) is 7.32. The minimum atomic E-state index is -5.62. The molecule has 2 N–H and O–H groups in total. The molecule has 1 aromatic carbocycles. The SMILES string of the molecule is C[S+](C)OI1(O)(O)OC(=O)c2ccccc21. The molecule has 16 heavy (non-hydrogen) atoms. The van der Waals surface area contributed by atoms with Crippen LogP contribution >= 0.6 is 18.7 Å². The number of rotatable bonds is 2. The van der Waals surface area contributed by atoms with Crippen molar-refractivity contribution in [3.8, 4) is 0 Å². The van der Waals surface area contributed by atoms with E-state index in [0.29, 0.717) is 0 Å². The third-order valence-electron chi connectivity index (χ3n) is 1.89. The van der Waals surface area contributed by atoms with Gasteiger partial charge in [-0.05, 0) is 0 Å². The fraction of sp³-hybridized carbons (Fsp3) is 0.222. The molecule has 2 rings (SSSR count). The van der Waals surface area contributed by atoms with Crippen LogP contribution in [0.5, 0.6) is 0 Å². The average molecular weight is 359 g/mol. The fourth-order valence-electron chi connectivity index (χ4n) is 1.39. The van der Waals surface area contributed by atoms with E-state index in [1.165, 1.54) is 12.1 Å². The van der Waals surface area contributed by atoms with Gasteiger partial charge in [0.05, 0.1) is 0 Å². The quantitative estimate of drug-likeness (QED) is 0.610. The van der Waals surface area contributed by atoms with Crippen LogP contribution in [0.2, 0.25) is 0 Å². The summed E-state index contributed by atoms with van der Waals surface area (Å²) in [7, 11) is 0. The summed E-state index contributed by atoms with van der Waals surface area (Å²) in [5.41, 5.74) is 0.173. The van der Waals surface area contributed by atoms with Crippen LogP contribution in [0.1, 0.15) is 10.4 Å². The van der Waals surface area contributed by atoms with Crippen molar-refractivity contribution in [2.45, 2.75) is 0 Å². The second-order valence-corrected chi connectivity index (χ2v) is 11.9. The molecule has 0 unspecified atom stereocenters. The summed E-state index contributed by atoms with van der Waals surface area (Å²) in [5, 5.41) is 0. The predicted molar refractivity (Wildman–Crippen MR) is 69.3 cm³/mol. The van der Waals surface area contributed by atoms with E-state index in [1.54, 1.807) is 24.6 Å². The fourth-order valence-corrected chi connectivity index (χ4v) is 10.0. The molecule has 0 atom stereocenters. The third kappa shape index (κ3) is 1.82. The summed E-state index contributed by atoms with van der Waals surface area (Å²) >= 11 is -6.32. The summed E-state index contributed by atoms with van der Waals surface area (Å²) < 4.78 is 30.5. The molecule has 0 aromatic heterocycles. The molecule has 1 heterocycles. The Labute approximate surface area is 98.8 Å². The summed E-state index contributed by atoms with van der Waals surface area (Å²) in [5.74, 6) is -0.736. The maximum atomic E-state index is 11.5. The molecule has 0 amide bonds. The van der Waals surface area contributed by atoms with Gasteiger partial charge >= 0.3 is 99.0 Å². The summed E-state index contributed by atoms with van der Waals surface area (Å²) in [6, 6.07) is 6.20. The van der Waals surface area contributed by atoms with Crippen LogP contribution in [0.25, 0.3) is 0 Å². The Bertz CT molecular complexity index is 459. The van der Waals surface area contributed by atoms with E-state index in [1.807, 2.05) is 0 Å². The summed E-state index contributed by atoms with van der Waals surface area (Å²) in [6.07, 6.45) is 3.35. The van der Waals surface area contributed by atoms with Crippen molar-refractivity contribution in [1.29, 1.82) is 0 Å². The van der Waals surface area contributed by atoms with E-state index < -0.39 is 35.9 Å². The van der Waals surface area contributed by atoms with Crippen LogP contribution in [0.15, 0.2) is 24.3 Å². The second kappa shape index (κ2) is 3.57. The van der Waals surface area contributed by atoms with E-state index >= 15 is 0 Å². The van der Waals surface area contributed by atoms with Gasteiger partial charge in [0.15, 0.2) is 0 Å². The number of benzene rings is 1. The monoisotopic (exact) mass is 359 g/mol. The average Bonchev–Trinajstić information content (AvgIpc) is 2.34. The van der Waals surface area contributed by atoms with E-state index in [9.17, 15) is 11.7 Å². The third-order valence-corrected chi connectivity index (χ3v) is 10.6. The Morgan fingerprint density at radius 3 is 2.56 bits per heavy atom. The van der Waals surface area contributed by atoms with Crippen LogP contribution in [0.3, 0.4) is 0 Å². The predicted octanol–water partition coefficient (Wildman–Crippen LogP) is 1.06. The number of hydrogen-bond acceptors (Lipinski definition) is 5. The van der Waals surface area contributed by atoms with Gasteiger partial charge in [-0.3, -0.25) is 0 Å². The maximum absolute atomic E-state index is 11.5. The zero-order valence-corrected chi connectivity index (χ0v) is 11.7. The molecular weight excluding hydrogens is 347 g/mol. The van der Waals surface area contributed by atoms with Crippen LogP contribution in [-0.2, 0) is 16.8 Å². The van der Waals surface area contributed by atoms with E-state index in [-0.39, 0.29) is 9.13 Å². The molecule has 1 aromatic rings.